The van der Waals surface area contributed by atoms with Crippen molar-refractivity contribution in [3.8, 4) is 0 Å². The fourth-order valence-electron chi connectivity index (χ4n) is 0.300. The van der Waals surface area contributed by atoms with Crippen molar-refractivity contribution >= 4 is 6.29 Å². The fourth-order valence-corrected chi connectivity index (χ4v) is 0.300. The molecule has 0 fully saturated rings. The predicted molar refractivity (Wildman–Crippen MR) is 61.3 cm³/mol. The molecule has 4 heteroatoms. The summed E-state index contributed by atoms with van der Waals surface area (Å²) in [4.78, 5) is 10.8. The van der Waals surface area contributed by atoms with Gasteiger partial charge in [0.15, 0.2) is 0 Å². The van der Waals surface area contributed by atoms with Gasteiger partial charge in [-0.3, -0.25) is 0 Å². The minimum absolute atomic E-state index is 0.281. The summed E-state index contributed by atoms with van der Waals surface area (Å²) in [6.45, 7) is 2.56. The second kappa shape index (κ2) is 12.6. The molecule has 0 aromatic rings. The van der Waals surface area contributed by atoms with Crippen molar-refractivity contribution in [2.75, 3.05) is 55.4 Å². The Bertz CT molecular complexity index is 106. The molecule has 0 rings (SSSR count). The molecular formula is C10H27N2O2+. The van der Waals surface area contributed by atoms with Crippen molar-refractivity contribution in [2.45, 2.75) is 6.92 Å². The fraction of sp³-hybridized carbons (Fsp3) is 0.900. The van der Waals surface area contributed by atoms with Gasteiger partial charge in [0.05, 0.1) is 27.7 Å². The molecule has 0 atom stereocenters. The van der Waals surface area contributed by atoms with Gasteiger partial charge in [0.1, 0.15) is 12.8 Å². The number of quaternary nitrogens is 1. The summed E-state index contributed by atoms with van der Waals surface area (Å²) < 4.78 is 0.844. The standard InChI is InChI=1S/C5H14NO.C3H9N.C2H4O/c1-6(2,3)4-5-7;1-4(2)3;1-2-3/h7H,4-5H2,1-3H3;1-3H3;2H,1H3/q+1;;. The molecule has 0 radical (unpaired) electrons. The molecule has 0 bridgehead atoms. The van der Waals surface area contributed by atoms with Crippen LogP contribution in [-0.4, -0.2) is 76.2 Å². The first kappa shape index (κ1) is 19.2. The van der Waals surface area contributed by atoms with Crippen LogP contribution in [0.4, 0.5) is 0 Å². The Balaban J connectivity index is -0.000000147. The minimum Gasteiger partial charge on any atom is -0.391 e. The van der Waals surface area contributed by atoms with Gasteiger partial charge in [-0.05, 0) is 28.1 Å². The zero-order valence-corrected chi connectivity index (χ0v) is 10.7. The number of nitrogens with zero attached hydrogens (tertiary/aromatic N) is 2. The molecule has 0 aliphatic heterocycles. The van der Waals surface area contributed by atoms with Gasteiger partial charge in [0.25, 0.3) is 0 Å². The Kier molecular flexibility index (Phi) is 17.2. The van der Waals surface area contributed by atoms with Gasteiger partial charge in [-0.1, -0.05) is 0 Å². The maximum Gasteiger partial charge on any atom is 0.116 e. The molecular weight excluding hydrogens is 180 g/mol. The van der Waals surface area contributed by atoms with Crippen molar-refractivity contribution in [3.05, 3.63) is 0 Å². The molecule has 0 aromatic heterocycles. The average Bonchev–Trinajstić information content (AvgIpc) is 1.83. The number of hydrogen-bond donors (Lipinski definition) is 1. The van der Waals surface area contributed by atoms with Crippen LogP contribution >= 0.6 is 0 Å². The predicted octanol–water partition coefficient (Wildman–Crippen LogP) is 0.0679. The smallest absolute Gasteiger partial charge is 0.116 e. The summed E-state index contributed by atoms with van der Waals surface area (Å²) in [6, 6.07) is 0. The van der Waals surface area contributed by atoms with Crippen LogP contribution in [0, 0.1) is 0 Å². The molecule has 0 aliphatic carbocycles. The van der Waals surface area contributed by atoms with E-state index in [0.29, 0.717) is 0 Å². The monoisotopic (exact) mass is 207 g/mol. The van der Waals surface area contributed by atoms with E-state index in [9.17, 15) is 0 Å². The van der Waals surface area contributed by atoms with E-state index in [-0.39, 0.29) is 6.61 Å². The summed E-state index contributed by atoms with van der Waals surface area (Å²) in [5.41, 5.74) is 0. The third-order valence-electron chi connectivity index (χ3n) is 0.771. The highest BCUT2D eigenvalue weighted by atomic mass is 16.3. The number of hydrogen-bond acceptors (Lipinski definition) is 3. The third kappa shape index (κ3) is 102. The lowest BCUT2D eigenvalue weighted by molar-refractivity contribution is -0.870. The number of aliphatic hydroxyl groups is 1. The maximum absolute atomic E-state index is 8.81. The van der Waals surface area contributed by atoms with E-state index in [4.69, 9.17) is 9.90 Å². The van der Waals surface area contributed by atoms with Gasteiger partial charge in [0.2, 0.25) is 0 Å². The highest BCUT2D eigenvalue weighted by Crippen LogP contribution is 1.84. The maximum atomic E-state index is 8.81. The van der Waals surface area contributed by atoms with Crippen LogP contribution in [0.5, 0.6) is 0 Å². The Morgan fingerprint density at radius 1 is 1.21 bits per heavy atom. The molecule has 4 nitrogen and oxygen atoms in total. The topological polar surface area (TPSA) is 40.5 Å². The van der Waals surface area contributed by atoms with E-state index in [1.54, 1.807) is 0 Å². The Labute approximate surface area is 88.7 Å². The highest BCUT2D eigenvalue weighted by Gasteiger charge is 2.02. The summed E-state index contributed by atoms with van der Waals surface area (Å²) in [5.74, 6) is 0. The highest BCUT2D eigenvalue weighted by molar-refractivity contribution is 5.44. The van der Waals surface area contributed by atoms with Gasteiger partial charge in [-0.15, -0.1) is 0 Å². The van der Waals surface area contributed by atoms with E-state index in [1.165, 1.54) is 6.92 Å². The van der Waals surface area contributed by atoms with Crippen LogP contribution in [0.3, 0.4) is 0 Å². The largest absolute Gasteiger partial charge is 0.391 e. The second-order valence-electron chi connectivity index (χ2n) is 4.31. The first-order valence-corrected chi connectivity index (χ1v) is 4.63. The van der Waals surface area contributed by atoms with E-state index in [2.05, 4.69) is 21.1 Å². The lowest BCUT2D eigenvalue weighted by Crippen LogP contribution is -2.36. The summed E-state index contributed by atoms with van der Waals surface area (Å²) >= 11 is 0. The van der Waals surface area contributed by atoms with Crippen LogP contribution in [-0.2, 0) is 4.79 Å². The summed E-state index contributed by atoms with van der Waals surface area (Å²) in [5, 5.41) is 8.39. The molecule has 0 saturated carbocycles. The minimum atomic E-state index is 0.281. The van der Waals surface area contributed by atoms with Crippen LogP contribution in [0.25, 0.3) is 0 Å². The van der Waals surface area contributed by atoms with E-state index in [1.807, 2.05) is 26.0 Å². The van der Waals surface area contributed by atoms with Gasteiger partial charge in [-0.25, -0.2) is 0 Å². The van der Waals surface area contributed by atoms with Crippen molar-refractivity contribution in [1.82, 2.24) is 4.90 Å². The third-order valence-corrected chi connectivity index (χ3v) is 0.771. The normalized spacial score (nSPS) is 9.50. The summed E-state index contributed by atoms with van der Waals surface area (Å²) in [6.07, 6.45) is 0.750. The Morgan fingerprint density at radius 3 is 1.43 bits per heavy atom. The molecule has 0 amide bonds. The lowest BCUT2D eigenvalue weighted by Gasteiger charge is -2.21. The lowest BCUT2D eigenvalue weighted by atomic mass is 10.5. The van der Waals surface area contributed by atoms with Crippen molar-refractivity contribution in [3.63, 3.8) is 0 Å². The zero-order valence-electron chi connectivity index (χ0n) is 10.7. The molecule has 88 valence electrons. The molecule has 0 spiro atoms. The molecule has 1 N–H and O–H groups in total. The Morgan fingerprint density at radius 2 is 1.43 bits per heavy atom. The van der Waals surface area contributed by atoms with Crippen LogP contribution in [0.15, 0.2) is 0 Å². The first-order valence-electron chi connectivity index (χ1n) is 4.63. The molecule has 0 heterocycles. The number of aldehydes is 1. The number of aliphatic hydroxyl groups excluding tert-OH is 1. The van der Waals surface area contributed by atoms with Crippen LogP contribution < -0.4 is 0 Å². The van der Waals surface area contributed by atoms with Gasteiger partial charge in [-0.2, -0.15) is 0 Å². The first-order chi connectivity index (χ1) is 6.21. The van der Waals surface area contributed by atoms with E-state index >= 15 is 0 Å². The number of carbonyl (C=O) groups is 1. The van der Waals surface area contributed by atoms with Crippen molar-refractivity contribution < 1.29 is 14.4 Å². The Hall–Kier alpha value is -0.450. The van der Waals surface area contributed by atoms with E-state index < -0.39 is 0 Å². The van der Waals surface area contributed by atoms with Gasteiger partial charge >= 0.3 is 0 Å². The quantitative estimate of drug-likeness (QED) is 0.514. The summed E-state index contributed by atoms with van der Waals surface area (Å²) in [7, 11) is 12.2. The average molecular weight is 207 g/mol. The second-order valence-corrected chi connectivity index (χ2v) is 4.31. The van der Waals surface area contributed by atoms with Crippen molar-refractivity contribution in [2.24, 2.45) is 0 Å². The molecule has 0 aliphatic rings. The van der Waals surface area contributed by atoms with Crippen LogP contribution in [0.1, 0.15) is 6.92 Å². The zero-order chi connectivity index (χ0) is 12.2. The van der Waals surface area contributed by atoms with Crippen LogP contribution in [0.2, 0.25) is 0 Å². The number of likely N-dealkylation sites (N-methyl/N-ethyl adjacent to an activating group) is 1. The molecule has 0 saturated heterocycles. The SMILES string of the molecule is CC=O.CN(C)C.C[N+](C)(C)CCO. The van der Waals surface area contributed by atoms with E-state index in [0.717, 1.165) is 17.3 Å². The molecule has 0 aromatic carbocycles. The number of carbonyl (C=O) groups excluding carboxylic acids is 1. The van der Waals surface area contributed by atoms with Crippen molar-refractivity contribution in [1.29, 1.82) is 0 Å². The molecule has 0 unspecified atom stereocenters. The van der Waals surface area contributed by atoms with Gasteiger partial charge in [0, 0.05) is 0 Å². The molecule has 14 heavy (non-hydrogen) atoms. The van der Waals surface area contributed by atoms with Gasteiger partial charge < -0.3 is 19.3 Å². The number of rotatable bonds is 2.